The quantitative estimate of drug-likeness (QED) is 0.821. The predicted octanol–water partition coefficient (Wildman–Crippen LogP) is 2.21. The van der Waals surface area contributed by atoms with Crippen LogP contribution in [0.15, 0.2) is 18.2 Å². The van der Waals surface area contributed by atoms with Gasteiger partial charge in [-0.1, -0.05) is 6.07 Å². The van der Waals surface area contributed by atoms with Crippen LogP contribution in [0.4, 0.5) is 4.39 Å². The number of hydrogen-bond donors (Lipinski definition) is 1. The fourth-order valence-corrected chi connectivity index (χ4v) is 1.37. The molecule has 1 aromatic rings. The van der Waals surface area contributed by atoms with Crippen LogP contribution in [-0.2, 0) is 9.53 Å². The van der Waals surface area contributed by atoms with Crippen molar-refractivity contribution < 1.29 is 23.8 Å². The van der Waals surface area contributed by atoms with Gasteiger partial charge in [-0.2, -0.15) is 0 Å². The fraction of sp³-hybridized carbons (Fsp3) is 0.462. The highest BCUT2D eigenvalue weighted by Gasteiger charge is 2.18. The summed E-state index contributed by atoms with van der Waals surface area (Å²) in [6.07, 6.45) is -1.63. The summed E-state index contributed by atoms with van der Waals surface area (Å²) >= 11 is 0. The van der Waals surface area contributed by atoms with Crippen LogP contribution in [0.5, 0.6) is 5.75 Å². The Labute approximate surface area is 105 Å². The smallest absolute Gasteiger partial charge is 0.347 e. The van der Waals surface area contributed by atoms with Crippen molar-refractivity contribution in [2.45, 2.75) is 33.0 Å². The molecule has 0 aliphatic heterocycles. The molecule has 1 rings (SSSR count). The zero-order valence-electron chi connectivity index (χ0n) is 10.6. The van der Waals surface area contributed by atoms with Crippen LogP contribution >= 0.6 is 0 Å². The highest BCUT2D eigenvalue weighted by Crippen LogP contribution is 2.23. The van der Waals surface area contributed by atoms with E-state index in [-0.39, 0.29) is 12.4 Å². The average Bonchev–Trinajstić information content (AvgIpc) is 2.31. The number of hydrogen-bond acceptors (Lipinski definition) is 4. The van der Waals surface area contributed by atoms with Crippen molar-refractivity contribution in [3.8, 4) is 5.75 Å². The van der Waals surface area contributed by atoms with E-state index in [1.54, 1.807) is 13.0 Å². The summed E-state index contributed by atoms with van der Waals surface area (Å²) < 4.78 is 23.5. The third-order valence-corrected chi connectivity index (χ3v) is 2.36. The summed E-state index contributed by atoms with van der Waals surface area (Å²) in [5, 5.41) is 9.30. The third-order valence-electron chi connectivity index (χ3n) is 2.36. The molecule has 0 spiro atoms. The van der Waals surface area contributed by atoms with Crippen molar-refractivity contribution in [3.63, 3.8) is 0 Å². The molecule has 0 amide bonds. The minimum absolute atomic E-state index is 0.0417. The van der Waals surface area contributed by atoms with Crippen LogP contribution in [0, 0.1) is 5.82 Å². The van der Waals surface area contributed by atoms with Crippen molar-refractivity contribution in [1.29, 1.82) is 0 Å². The summed E-state index contributed by atoms with van der Waals surface area (Å²) in [5.74, 6) is -1.21. The molecule has 0 aromatic heterocycles. The Kier molecular flexibility index (Phi) is 5.09. The van der Waals surface area contributed by atoms with E-state index in [2.05, 4.69) is 0 Å². The van der Waals surface area contributed by atoms with Gasteiger partial charge in [-0.15, -0.1) is 0 Å². The van der Waals surface area contributed by atoms with Gasteiger partial charge >= 0.3 is 5.97 Å². The molecule has 0 saturated heterocycles. The number of carbonyl (C=O) groups is 1. The first-order valence-electron chi connectivity index (χ1n) is 5.76. The average molecular weight is 256 g/mol. The lowest BCUT2D eigenvalue weighted by Gasteiger charge is -2.14. The van der Waals surface area contributed by atoms with Crippen LogP contribution in [0.3, 0.4) is 0 Å². The Morgan fingerprint density at radius 1 is 1.44 bits per heavy atom. The highest BCUT2D eigenvalue weighted by molar-refractivity contribution is 5.74. The maximum atomic E-state index is 13.6. The molecule has 2 atom stereocenters. The SMILES string of the molecule is CCOC(=O)C(C)Oc1ccc([C@@H](C)O)cc1F. The molecular formula is C13H17FO4. The van der Waals surface area contributed by atoms with E-state index in [1.165, 1.54) is 26.0 Å². The molecule has 4 nitrogen and oxygen atoms in total. The van der Waals surface area contributed by atoms with Gasteiger partial charge in [0.05, 0.1) is 12.7 Å². The molecule has 0 aliphatic rings. The molecule has 100 valence electrons. The zero-order chi connectivity index (χ0) is 13.7. The van der Waals surface area contributed by atoms with E-state index < -0.39 is 24.0 Å². The molecule has 0 heterocycles. The number of aliphatic hydroxyl groups excluding tert-OH is 1. The van der Waals surface area contributed by atoms with Crippen molar-refractivity contribution in [1.82, 2.24) is 0 Å². The number of halogens is 1. The zero-order valence-corrected chi connectivity index (χ0v) is 10.6. The molecule has 1 unspecified atom stereocenters. The molecule has 0 saturated carbocycles. The summed E-state index contributed by atoms with van der Waals surface area (Å²) in [6.45, 7) is 4.95. The second-order valence-electron chi connectivity index (χ2n) is 3.88. The van der Waals surface area contributed by atoms with Gasteiger partial charge in [0.25, 0.3) is 0 Å². The van der Waals surface area contributed by atoms with E-state index in [0.717, 1.165) is 0 Å². The summed E-state index contributed by atoms with van der Waals surface area (Å²) in [7, 11) is 0. The van der Waals surface area contributed by atoms with Crippen LogP contribution in [0.25, 0.3) is 0 Å². The standard InChI is InChI=1S/C13H17FO4/c1-4-17-13(16)9(3)18-12-6-5-10(8(2)15)7-11(12)14/h5-9,15H,4H2,1-3H3/t8-,9?/m1/s1. The molecule has 0 fully saturated rings. The number of ether oxygens (including phenoxy) is 2. The lowest BCUT2D eigenvalue weighted by Crippen LogP contribution is -2.26. The first-order chi connectivity index (χ1) is 8.45. The van der Waals surface area contributed by atoms with Gasteiger partial charge in [-0.05, 0) is 38.5 Å². The Morgan fingerprint density at radius 2 is 2.11 bits per heavy atom. The van der Waals surface area contributed by atoms with Crippen molar-refractivity contribution >= 4 is 5.97 Å². The maximum absolute atomic E-state index is 13.6. The number of rotatable bonds is 5. The van der Waals surface area contributed by atoms with Crippen LogP contribution < -0.4 is 4.74 Å². The van der Waals surface area contributed by atoms with Crippen molar-refractivity contribution in [2.24, 2.45) is 0 Å². The van der Waals surface area contributed by atoms with E-state index in [4.69, 9.17) is 9.47 Å². The molecule has 18 heavy (non-hydrogen) atoms. The second kappa shape index (κ2) is 6.35. The minimum atomic E-state index is -0.878. The van der Waals surface area contributed by atoms with Crippen molar-refractivity contribution in [3.05, 3.63) is 29.6 Å². The molecule has 5 heteroatoms. The van der Waals surface area contributed by atoms with Gasteiger partial charge < -0.3 is 14.6 Å². The maximum Gasteiger partial charge on any atom is 0.347 e. The predicted molar refractivity (Wildman–Crippen MR) is 63.8 cm³/mol. The van der Waals surface area contributed by atoms with E-state index in [0.29, 0.717) is 5.56 Å². The molecular weight excluding hydrogens is 239 g/mol. The summed E-state index contributed by atoms with van der Waals surface area (Å²) in [6, 6.07) is 4.10. The first-order valence-corrected chi connectivity index (χ1v) is 5.76. The first kappa shape index (κ1) is 14.4. The number of benzene rings is 1. The molecule has 0 bridgehead atoms. The van der Waals surface area contributed by atoms with Crippen LogP contribution in [-0.4, -0.2) is 23.8 Å². The summed E-state index contributed by atoms with van der Waals surface area (Å²) in [4.78, 5) is 11.3. The lowest BCUT2D eigenvalue weighted by molar-refractivity contribution is -0.150. The molecule has 1 aromatic carbocycles. The van der Waals surface area contributed by atoms with Gasteiger partial charge in [0.1, 0.15) is 0 Å². The Bertz CT molecular complexity index is 417. The normalized spacial score (nSPS) is 13.8. The van der Waals surface area contributed by atoms with Gasteiger partial charge in [-0.25, -0.2) is 9.18 Å². The molecule has 0 aliphatic carbocycles. The van der Waals surface area contributed by atoms with Crippen LogP contribution in [0.1, 0.15) is 32.4 Å². The number of carbonyl (C=O) groups excluding carboxylic acids is 1. The lowest BCUT2D eigenvalue weighted by atomic mass is 10.1. The highest BCUT2D eigenvalue weighted by atomic mass is 19.1. The fourth-order valence-electron chi connectivity index (χ4n) is 1.37. The van der Waals surface area contributed by atoms with Crippen molar-refractivity contribution in [2.75, 3.05) is 6.61 Å². The third kappa shape index (κ3) is 3.70. The van der Waals surface area contributed by atoms with Gasteiger partial charge in [0, 0.05) is 0 Å². The second-order valence-corrected chi connectivity index (χ2v) is 3.88. The van der Waals surface area contributed by atoms with Crippen LogP contribution in [0.2, 0.25) is 0 Å². The van der Waals surface area contributed by atoms with E-state index >= 15 is 0 Å². The molecule has 1 N–H and O–H groups in total. The Morgan fingerprint density at radius 3 is 2.61 bits per heavy atom. The monoisotopic (exact) mass is 256 g/mol. The largest absolute Gasteiger partial charge is 0.476 e. The topological polar surface area (TPSA) is 55.8 Å². The van der Waals surface area contributed by atoms with Gasteiger partial charge in [0.15, 0.2) is 17.7 Å². The van der Waals surface area contributed by atoms with E-state index in [9.17, 15) is 14.3 Å². The van der Waals surface area contributed by atoms with Gasteiger partial charge in [0.2, 0.25) is 0 Å². The number of aliphatic hydroxyl groups is 1. The Hall–Kier alpha value is -1.62. The molecule has 0 radical (unpaired) electrons. The minimum Gasteiger partial charge on any atom is -0.476 e. The summed E-state index contributed by atoms with van der Waals surface area (Å²) in [5.41, 5.74) is 0.448. The number of esters is 1. The Balaban J connectivity index is 2.76. The van der Waals surface area contributed by atoms with Gasteiger partial charge in [-0.3, -0.25) is 0 Å². The van der Waals surface area contributed by atoms with E-state index in [1.807, 2.05) is 0 Å².